The number of aromatic nitrogens is 2. The van der Waals surface area contributed by atoms with Crippen LogP contribution in [0.25, 0.3) is 11.3 Å². The molecule has 1 spiro atoms. The lowest BCUT2D eigenvalue weighted by Gasteiger charge is -2.53. The highest BCUT2D eigenvalue weighted by Crippen LogP contribution is 2.51. The lowest BCUT2D eigenvalue weighted by atomic mass is 9.66. The molecule has 2 N–H and O–H groups in total. The summed E-state index contributed by atoms with van der Waals surface area (Å²) in [6.45, 7) is 1.97. The van der Waals surface area contributed by atoms with E-state index in [1.807, 2.05) is 30.3 Å². The molecule has 216 valence electrons. The average molecular weight is 564 g/mol. The van der Waals surface area contributed by atoms with Crippen LogP contribution in [0.2, 0.25) is 0 Å². The molecule has 0 unspecified atom stereocenters. The van der Waals surface area contributed by atoms with Crippen LogP contribution in [0.4, 0.5) is 13.6 Å². The minimum absolute atomic E-state index is 0.0979. The van der Waals surface area contributed by atoms with Crippen LogP contribution in [0.5, 0.6) is 0 Å². The van der Waals surface area contributed by atoms with E-state index < -0.39 is 28.7 Å². The van der Waals surface area contributed by atoms with Crippen molar-refractivity contribution >= 4 is 6.03 Å². The Bertz CT molecular complexity index is 1480. The number of rotatable bonds is 4. The van der Waals surface area contributed by atoms with Gasteiger partial charge in [0.2, 0.25) is 0 Å². The van der Waals surface area contributed by atoms with E-state index in [1.165, 1.54) is 17.0 Å². The Morgan fingerprint density at radius 1 is 1.05 bits per heavy atom. The third-order valence-corrected chi connectivity index (χ3v) is 9.29. The van der Waals surface area contributed by atoms with Crippen molar-refractivity contribution in [2.75, 3.05) is 32.7 Å². The van der Waals surface area contributed by atoms with Gasteiger partial charge in [-0.3, -0.25) is 9.36 Å². The number of amides is 2. The van der Waals surface area contributed by atoms with E-state index in [-0.39, 0.29) is 23.7 Å². The molecule has 2 atom stereocenters. The summed E-state index contributed by atoms with van der Waals surface area (Å²) < 4.78 is 30.2. The van der Waals surface area contributed by atoms with E-state index >= 15 is 0 Å². The molecule has 8 nitrogen and oxygen atoms in total. The van der Waals surface area contributed by atoms with E-state index in [4.69, 9.17) is 0 Å². The number of hydrogen-bond donors (Lipinski definition) is 2. The van der Waals surface area contributed by atoms with Crippen LogP contribution in [0.1, 0.15) is 43.7 Å². The van der Waals surface area contributed by atoms with Gasteiger partial charge >= 0.3 is 6.03 Å². The summed E-state index contributed by atoms with van der Waals surface area (Å²) in [5, 5.41) is 15.3. The number of halogens is 2. The van der Waals surface area contributed by atoms with Crippen LogP contribution in [-0.4, -0.2) is 68.8 Å². The number of benzene rings is 2. The van der Waals surface area contributed by atoms with Gasteiger partial charge in [0.1, 0.15) is 11.6 Å². The van der Waals surface area contributed by atoms with Gasteiger partial charge < -0.3 is 20.2 Å². The van der Waals surface area contributed by atoms with Crippen LogP contribution >= 0.6 is 0 Å². The Labute approximate surface area is 237 Å². The Kier molecular flexibility index (Phi) is 7.37. The third kappa shape index (κ3) is 5.15. The van der Waals surface area contributed by atoms with Gasteiger partial charge in [-0.1, -0.05) is 43.2 Å². The molecule has 3 aromatic rings. The van der Waals surface area contributed by atoms with Crippen LogP contribution in [-0.2, 0) is 6.54 Å². The Balaban J connectivity index is 1.23. The van der Waals surface area contributed by atoms with Crippen molar-refractivity contribution in [3.8, 4) is 11.3 Å². The molecule has 1 aliphatic carbocycles. The van der Waals surface area contributed by atoms with Crippen LogP contribution in [0, 0.1) is 17.0 Å². The average Bonchev–Trinajstić information content (AvgIpc) is 3.47. The highest BCUT2D eigenvalue weighted by Gasteiger charge is 2.56. The molecule has 0 radical (unpaired) electrons. The quantitative estimate of drug-likeness (QED) is 0.502. The monoisotopic (exact) mass is 563 g/mol. The van der Waals surface area contributed by atoms with Gasteiger partial charge in [0.25, 0.3) is 5.56 Å². The van der Waals surface area contributed by atoms with Crippen molar-refractivity contribution < 1.29 is 18.7 Å². The van der Waals surface area contributed by atoms with Gasteiger partial charge in [-0.05, 0) is 37.5 Å². The van der Waals surface area contributed by atoms with Crippen LogP contribution in [0.15, 0.2) is 65.7 Å². The second kappa shape index (κ2) is 11.0. The second-order valence-electron chi connectivity index (χ2n) is 11.7. The summed E-state index contributed by atoms with van der Waals surface area (Å²) in [4.78, 5) is 34.9. The molecule has 2 aromatic carbocycles. The van der Waals surface area contributed by atoms with E-state index in [9.17, 15) is 23.5 Å². The molecular weight excluding hydrogens is 528 g/mol. The highest BCUT2D eigenvalue weighted by atomic mass is 19.1. The molecule has 2 saturated heterocycles. The number of nitrogens with one attached hydrogen (secondary N) is 1. The van der Waals surface area contributed by atoms with Gasteiger partial charge in [-0.15, -0.1) is 0 Å². The van der Waals surface area contributed by atoms with Gasteiger partial charge in [0.05, 0.1) is 30.2 Å². The van der Waals surface area contributed by atoms with E-state index in [2.05, 4.69) is 10.3 Å². The van der Waals surface area contributed by atoms with Crippen LogP contribution in [0.3, 0.4) is 0 Å². The van der Waals surface area contributed by atoms with Crippen molar-refractivity contribution in [1.29, 1.82) is 0 Å². The number of urea groups is 1. The maximum absolute atomic E-state index is 14.7. The zero-order valence-corrected chi connectivity index (χ0v) is 22.9. The number of piperazine rings is 1. The third-order valence-electron chi connectivity index (χ3n) is 9.29. The number of carbonyl (C=O) groups excluding carboxylic acids is 1. The summed E-state index contributed by atoms with van der Waals surface area (Å²) in [7, 11) is 0. The molecule has 1 saturated carbocycles. The molecule has 3 fully saturated rings. The Morgan fingerprint density at radius 3 is 2.59 bits per heavy atom. The molecule has 0 bridgehead atoms. The first-order valence-electron chi connectivity index (χ1n) is 14.3. The normalized spacial score (nSPS) is 24.1. The number of carbonyl (C=O) groups is 1. The Hall–Kier alpha value is -3.63. The molecule has 41 heavy (non-hydrogen) atoms. The summed E-state index contributed by atoms with van der Waals surface area (Å²) >= 11 is 0. The number of nitrogens with zero attached hydrogens (tertiary/aromatic N) is 4. The fourth-order valence-corrected chi connectivity index (χ4v) is 7.02. The number of hydrogen-bond acceptors (Lipinski definition) is 5. The first-order valence-corrected chi connectivity index (χ1v) is 14.3. The summed E-state index contributed by atoms with van der Waals surface area (Å²) in [5.74, 6) is -1.09. The molecule has 3 heterocycles. The maximum atomic E-state index is 14.7. The predicted molar refractivity (Wildman–Crippen MR) is 150 cm³/mol. The van der Waals surface area contributed by atoms with E-state index in [0.717, 1.165) is 49.4 Å². The zero-order chi connectivity index (χ0) is 28.6. The first kappa shape index (κ1) is 27.5. The largest absolute Gasteiger partial charge is 0.387 e. The predicted octanol–water partition coefficient (Wildman–Crippen LogP) is 3.95. The zero-order valence-electron chi connectivity index (χ0n) is 22.9. The second-order valence-corrected chi connectivity index (χ2v) is 11.7. The number of likely N-dealkylation sites (tertiary alicyclic amines) is 1. The first-order chi connectivity index (χ1) is 19.8. The van der Waals surface area contributed by atoms with Gasteiger partial charge in [-0.25, -0.2) is 18.6 Å². The summed E-state index contributed by atoms with van der Waals surface area (Å²) in [6.07, 6.45) is 5.13. The Morgan fingerprint density at radius 2 is 1.83 bits per heavy atom. The highest BCUT2D eigenvalue weighted by molar-refractivity contribution is 5.75. The van der Waals surface area contributed by atoms with Crippen molar-refractivity contribution in [1.82, 2.24) is 24.7 Å². The summed E-state index contributed by atoms with van der Waals surface area (Å²) in [6, 6.07) is 13.4. The molecule has 10 heteroatoms. The smallest absolute Gasteiger partial charge is 0.320 e. The number of aliphatic hydroxyl groups is 1. The SMILES string of the molecule is O=C(N1CC[C@@](O)(Cn2cnc(-c3ccccc3)cc2=O)C2(CCCC2)C1)N1CCNC[C@H]1c1cc(F)ccc1F. The summed E-state index contributed by atoms with van der Waals surface area (Å²) in [5.41, 5.74) is -0.432. The van der Waals surface area contributed by atoms with Gasteiger partial charge in [0, 0.05) is 55.3 Å². The molecular formula is C31H35F2N5O3. The molecule has 6 rings (SSSR count). The maximum Gasteiger partial charge on any atom is 0.320 e. The van der Waals surface area contributed by atoms with E-state index in [0.29, 0.717) is 44.8 Å². The lowest BCUT2D eigenvalue weighted by Crippen LogP contribution is -2.64. The molecule has 2 aliphatic heterocycles. The van der Waals surface area contributed by atoms with Crippen molar-refractivity contribution in [3.63, 3.8) is 0 Å². The van der Waals surface area contributed by atoms with Crippen LogP contribution < -0.4 is 10.9 Å². The number of piperidine rings is 1. The van der Waals surface area contributed by atoms with Crippen molar-refractivity contribution in [2.45, 2.75) is 50.3 Å². The topological polar surface area (TPSA) is 90.7 Å². The minimum atomic E-state index is -1.20. The molecule has 2 amide bonds. The van der Waals surface area contributed by atoms with Crippen molar-refractivity contribution in [2.24, 2.45) is 5.41 Å². The lowest BCUT2D eigenvalue weighted by molar-refractivity contribution is -0.137. The molecule has 1 aromatic heterocycles. The molecule has 3 aliphatic rings. The van der Waals surface area contributed by atoms with Crippen molar-refractivity contribution in [3.05, 3.63) is 88.5 Å². The van der Waals surface area contributed by atoms with Gasteiger partial charge in [0.15, 0.2) is 0 Å². The fraction of sp³-hybridized carbons (Fsp3) is 0.452. The fourth-order valence-electron chi connectivity index (χ4n) is 7.02. The van der Waals surface area contributed by atoms with Gasteiger partial charge in [-0.2, -0.15) is 0 Å². The van der Waals surface area contributed by atoms with E-state index in [1.54, 1.807) is 9.80 Å². The minimum Gasteiger partial charge on any atom is -0.387 e. The standard InChI is InChI=1S/C31H35F2N5O3/c32-23-8-9-25(33)24(16-23)27-18-34-13-15-38(27)29(40)36-14-12-31(41,30(19-36)10-4-5-11-30)20-37-21-35-26(17-28(37)39)22-6-2-1-3-7-22/h1-3,6-9,16-17,21,27,34,41H,4-5,10-15,18-20H2/t27-,31+/m0/s1.